The number of piperazine rings is 1. The summed E-state index contributed by atoms with van der Waals surface area (Å²) >= 11 is 0. The molecule has 2 amide bonds. The van der Waals surface area contributed by atoms with E-state index >= 15 is 0 Å². The number of carbonyl (C=O) groups is 3. The molecule has 9 heteroatoms. The van der Waals surface area contributed by atoms with E-state index in [1.165, 1.54) is 4.90 Å². The number of rotatable bonds is 6. The first kappa shape index (κ1) is 29.0. The smallest absolute Gasteiger partial charge is 0.295 e. The maximum absolute atomic E-state index is 13.2. The summed E-state index contributed by atoms with van der Waals surface area (Å²) in [4.78, 5) is 50.1. The standard InChI is InChI=1S/C28H34N6O3.C2H2/c1-18(2)30-28(31-19(3)4)32-23-12-8-11-21-22(17-29-24(21)23)25(35)27(37)34-15-13-33(14-16-34)26(36)20-9-6-5-7-10-20;1-2/h5-12,17-19,29H,13-16H2,1-4H3,(H2,30,31,32);1-2H. The number of aromatic amines is 1. The number of amides is 2. The maximum atomic E-state index is 13.2. The molecule has 0 bridgehead atoms. The molecular weight excluding hydrogens is 492 g/mol. The first-order valence-corrected chi connectivity index (χ1v) is 13.0. The number of para-hydroxylation sites is 1. The van der Waals surface area contributed by atoms with Crippen LogP contribution in [0.2, 0.25) is 0 Å². The second-order valence-electron chi connectivity index (χ2n) is 9.71. The Morgan fingerprint density at radius 2 is 1.54 bits per heavy atom. The molecule has 3 N–H and O–H groups in total. The van der Waals surface area contributed by atoms with Crippen LogP contribution in [0.3, 0.4) is 0 Å². The van der Waals surface area contributed by atoms with Crippen molar-refractivity contribution in [2.45, 2.75) is 39.8 Å². The van der Waals surface area contributed by atoms with Crippen LogP contribution in [0.4, 0.5) is 5.69 Å². The fourth-order valence-electron chi connectivity index (χ4n) is 4.35. The van der Waals surface area contributed by atoms with Crippen LogP contribution >= 0.6 is 0 Å². The van der Waals surface area contributed by atoms with E-state index in [9.17, 15) is 14.4 Å². The van der Waals surface area contributed by atoms with Crippen LogP contribution in [0, 0.1) is 12.8 Å². The summed E-state index contributed by atoms with van der Waals surface area (Å²) in [5.41, 5.74) is 2.42. The number of Topliss-reactive ketones (excluding diaryl/α,β-unsaturated/α-hetero) is 1. The average Bonchev–Trinajstić information content (AvgIpc) is 3.38. The highest BCUT2D eigenvalue weighted by Gasteiger charge is 2.30. The molecule has 0 radical (unpaired) electrons. The number of aliphatic imine (C=N–C) groups is 1. The molecule has 1 fully saturated rings. The Hall–Kier alpha value is -4.58. The molecule has 0 spiro atoms. The minimum absolute atomic E-state index is 0.0667. The predicted octanol–water partition coefficient (Wildman–Crippen LogP) is 3.76. The predicted molar refractivity (Wildman–Crippen MR) is 156 cm³/mol. The molecule has 39 heavy (non-hydrogen) atoms. The molecular formula is C30H36N6O3. The van der Waals surface area contributed by atoms with Crippen LogP contribution in [0.15, 0.2) is 59.7 Å². The number of nitrogens with one attached hydrogen (secondary N) is 3. The highest BCUT2D eigenvalue weighted by Crippen LogP contribution is 2.26. The Bertz CT molecular complexity index is 1350. The van der Waals surface area contributed by atoms with Gasteiger partial charge in [0.2, 0.25) is 0 Å². The highest BCUT2D eigenvalue weighted by atomic mass is 16.2. The molecule has 1 aliphatic heterocycles. The Labute approximate surface area is 229 Å². The van der Waals surface area contributed by atoms with Crippen molar-refractivity contribution in [3.05, 3.63) is 65.9 Å². The number of H-pyrrole nitrogens is 1. The van der Waals surface area contributed by atoms with Crippen molar-refractivity contribution in [2.24, 2.45) is 4.99 Å². The lowest BCUT2D eigenvalue weighted by Crippen LogP contribution is -2.52. The quantitative estimate of drug-likeness (QED) is 0.148. The maximum Gasteiger partial charge on any atom is 0.295 e. The number of anilines is 1. The lowest BCUT2D eigenvalue weighted by molar-refractivity contribution is -0.127. The van der Waals surface area contributed by atoms with Gasteiger partial charge in [0.1, 0.15) is 0 Å². The van der Waals surface area contributed by atoms with Gasteiger partial charge in [0, 0.05) is 55.4 Å². The topological polar surface area (TPSA) is 110 Å². The van der Waals surface area contributed by atoms with Gasteiger partial charge in [-0.25, -0.2) is 0 Å². The fraction of sp³-hybridized carbons (Fsp3) is 0.333. The van der Waals surface area contributed by atoms with Crippen molar-refractivity contribution >= 4 is 40.1 Å². The number of hydrogen-bond donors (Lipinski definition) is 3. The first-order chi connectivity index (χ1) is 18.7. The molecule has 1 saturated heterocycles. The van der Waals surface area contributed by atoms with E-state index in [1.54, 1.807) is 23.2 Å². The van der Waals surface area contributed by atoms with Crippen molar-refractivity contribution in [2.75, 3.05) is 31.5 Å². The summed E-state index contributed by atoms with van der Waals surface area (Å²) in [6.07, 6.45) is 9.58. The zero-order chi connectivity index (χ0) is 28.5. The molecule has 0 atom stereocenters. The molecule has 0 saturated carbocycles. The third-order valence-corrected chi connectivity index (χ3v) is 6.09. The van der Waals surface area contributed by atoms with Crippen LogP contribution in [0.25, 0.3) is 10.9 Å². The van der Waals surface area contributed by atoms with Gasteiger partial charge in [0.05, 0.1) is 16.8 Å². The van der Waals surface area contributed by atoms with Crippen LogP contribution in [-0.2, 0) is 4.79 Å². The molecule has 204 valence electrons. The second-order valence-corrected chi connectivity index (χ2v) is 9.71. The monoisotopic (exact) mass is 528 g/mol. The minimum atomic E-state index is -0.567. The van der Waals surface area contributed by atoms with Gasteiger partial charge in [-0.15, -0.1) is 12.8 Å². The number of guanidine groups is 1. The molecule has 2 heterocycles. The first-order valence-electron chi connectivity index (χ1n) is 13.0. The second kappa shape index (κ2) is 13.3. The molecule has 3 aromatic rings. The number of benzene rings is 2. The third-order valence-electron chi connectivity index (χ3n) is 6.09. The lowest BCUT2D eigenvalue weighted by atomic mass is 10.1. The normalized spacial score (nSPS) is 13.7. The van der Waals surface area contributed by atoms with Gasteiger partial charge in [-0.1, -0.05) is 30.3 Å². The summed E-state index contributed by atoms with van der Waals surface area (Å²) in [5, 5.41) is 7.29. The van der Waals surface area contributed by atoms with E-state index in [2.05, 4.69) is 33.5 Å². The van der Waals surface area contributed by atoms with Crippen LogP contribution in [0.1, 0.15) is 48.4 Å². The van der Waals surface area contributed by atoms with Crippen LogP contribution in [-0.4, -0.2) is 76.6 Å². The van der Waals surface area contributed by atoms with Gasteiger partial charge < -0.3 is 25.4 Å². The molecule has 9 nitrogen and oxygen atoms in total. The fourth-order valence-corrected chi connectivity index (χ4v) is 4.35. The van der Waals surface area contributed by atoms with Crippen LogP contribution in [0.5, 0.6) is 0 Å². The van der Waals surface area contributed by atoms with E-state index in [1.807, 2.05) is 64.1 Å². The zero-order valence-electron chi connectivity index (χ0n) is 22.9. The molecule has 1 aromatic heterocycles. The summed E-state index contributed by atoms with van der Waals surface area (Å²) in [5.74, 6) is -0.556. The molecule has 2 aromatic carbocycles. The van der Waals surface area contributed by atoms with E-state index < -0.39 is 11.7 Å². The average molecular weight is 529 g/mol. The molecule has 0 aliphatic carbocycles. The Kier molecular flexibility index (Phi) is 9.87. The van der Waals surface area contributed by atoms with E-state index in [4.69, 9.17) is 0 Å². The minimum Gasteiger partial charge on any atom is -0.359 e. The van der Waals surface area contributed by atoms with E-state index in [0.29, 0.717) is 48.7 Å². The zero-order valence-corrected chi connectivity index (χ0v) is 22.9. The number of hydrogen-bond acceptors (Lipinski definition) is 4. The molecule has 1 aliphatic rings. The lowest BCUT2D eigenvalue weighted by Gasteiger charge is -2.34. The Morgan fingerprint density at radius 3 is 2.15 bits per heavy atom. The van der Waals surface area contributed by atoms with Crippen molar-refractivity contribution in [3.63, 3.8) is 0 Å². The third kappa shape index (κ3) is 7.05. The van der Waals surface area contributed by atoms with E-state index in [-0.39, 0.29) is 18.0 Å². The van der Waals surface area contributed by atoms with Crippen molar-refractivity contribution in [1.82, 2.24) is 20.1 Å². The summed E-state index contributed by atoms with van der Waals surface area (Å²) < 4.78 is 0. The summed E-state index contributed by atoms with van der Waals surface area (Å²) in [7, 11) is 0. The van der Waals surface area contributed by atoms with Gasteiger partial charge in [0.15, 0.2) is 5.96 Å². The van der Waals surface area contributed by atoms with Crippen molar-refractivity contribution in [3.8, 4) is 12.8 Å². The van der Waals surface area contributed by atoms with Gasteiger partial charge in [-0.3, -0.25) is 19.4 Å². The number of fused-ring (bicyclic) bond motifs is 1. The van der Waals surface area contributed by atoms with Gasteiger partial charge >= 0.3 is 0 Å². The number of nitrogens with zero attached hydrogens (tertiary/aromatic N) is 3. The Balaban J connectivity index is 0.00000205. The number of carbonyl (C=O) groups excluding carboxylic acids is 3. The summed E-state index contributed by atoms with van der Waals surface area (Å²) in [6.45, 7) is 9.46. The van der Waals surface area contributed by atoms with Gasteiger partial charge in [-0.2, -0.15) is 0 Å². The van der Waals surface area contributed by atoms with Crippen molar-refractivity contribution in [1.29, 1.82) is 0 Å². The Morgan fingerprint density at radius 1 is 0.897 bits per heavy atom. The van der Waals surface area contributed by atoms with Crippen molar-refractivity contribution < 1.29 is 14.4 Å². The van der Waals surface area contributed by atoms with Gasteiger partial charge in [0.25, 0.3) is 17.6 Å². The van der Waals surface area contributed by atoms with E-state index in [0.717, 1.165) is 11.2 Å². The summed E-state index contributed by atoms with van der Waals surface area (Å²) in [6, 6.07) is 14.9. The van der Waals surface area contributed by atoms with Gasteiger partial charge in [-0.05, 0) is 45.9 Å². The SMILES string of the molecule is C#C.CC(C)N=C(Nc1cccc2c(C(=O)C(=O)N3CCN(C(=O)c4ccccc4)CC3)c[nH]c12)NC(C)C. The molecule has 4 rings (SSSR count). The largest absolute Gasteiger partial charge is 0.359 e. The molecule has 0 unspecified atom stereocenters. The van der Waals surface area contributed by atoms with Crippen LogP contribution < -0.4 is 10.6 Å². The number of terminal acetylenes is 1. The highest BCUT2D eigenvalue weighted by molar-refractivity contribution is 6.45. The number of ketones is 1. The number of aromatic nitrogens is 1.